The number of nitrogens with zero attached hydrogens (tertiary/aromatic N) is 2. The minimum Gasteiger partial charge on any atom is -0.335 e. The van der Waals surface area contributed by atoms with E-state index in [1.54, 1.807) is 24.3 Å². The van der Waals surface area contributed by atoms with Crippen molar-refractivity contribution in [2.75, 3.05) is 26.2 Å². The Hall–Kier alpha value is -2.53. The van der Waals surface area contributed by atoms with Gasteiger partial charge in [-0.3, -0.25) is 9.69 Å². The van der Waals surface area contributed by atoms with Gasteiger partial charge in [-0.1, -0.05) is 66.7 Å². The standard InChI is InChI=1S/C21H22F2N2O/c22-21(23,12-11-18-7-3-1-4-8-18)20(26)25-15-13-24(14-16-25)17-19-9-5-2-6-10-19/h1-12H,13-17H2/b12-11+. The summed E-state index contributed by atoms with van der Waals surface area (Å²) in [6.07, 6.45) is 1.99. The maximum absolute atomic E-state index is 14.2. The summed E-state index contributed by atoms with van der Waals surface area (Å²) in [4.78, 5) is 15.7. The van der Waals surface area contributed by atoms with Crippen LogP contribution in [-0.4, -0.2) is 47.8 Å². The zero-order valence-corrected chi connectivity index (χ0v) is 14.5. The van der Waals surface area contributed by atoms with Crippen molar-refractivity contribution < 1.29 is 13.6 Å². The molecule has 1 saturated heterocycles. The van der Waals surface area contributed by atoms with Crippen LogP contribution >= 0.6 is 0 Å². The number of amides is 1. The molecule has 2 aromatic carbocycles. The van der Waals surface area contributed by atoms with Crippen LogP contribution in [0.4, 0.5) is 8.78 Å². The third-order valence-electron chi connectivity index (χ3n) is 4.48. The molecule has 1 heterocycles. The Kier molecular flexibility index (Phi) is 5.78. The second kappa shape index (κ2) is 8.23. The first-order chi connectivity index (χ1) is 12.5. The smallest absolute Gasteiger partial charge is 0.335 e. The molecule has 1 aliphatic heterocycles. The molecule has 0 aliphatic carbocycles. The first-order valence-electron chi connectivity index (χ1n) is 8.72. The second-order valence-electron chi connectivity index (χ2n) is 6.42. The molecule has 0 aromatic heterocycles. The first-order valence-corrected chi connectivity index (χ1v) is 8.72. The molecule has 0 saturated carbocycles. The Morgan fingerprint density at radius 2 is 1.50 bits per heavy atom. The van der Waals surface area contributed by atoms with Crippen molar-refractivity contribution in [3.8, 4) is 0 Å². The largest absolute Gasteiger partial charge is 0.343 e. The fraction of sp³-hybridized carbons (Fsp3) is 0.286. The van der Waals surface area contributed by atoms with Crippen molar-refractivity contribution >= 4 is 12.0 Å². The molecule has 0 atom stereocenters. The average Bonchev–Trinajstić information content (AvgIpc) is 2.68. The SMILES string of the molecule is O=C(N1CCN(Cc2ccccc2)CC1)C(F)(F)/C=C/c1ccccc1. The van der Waals surface area contributed by atoms with Crippen LogP contribution in [0.2, 0.25) is 0 Å². The maximum Gasteiger partial charge on any atom is 0.343 e. The highest BCUT2D eigenvalue weighted by atomic mass is 19.3. The predicted molar refractivity (Wildman–Crippen MR) is 98.7 cm³/mol. The van der Waals surface area contributed by atoms with Crippen LogP contribution in [0.25, 0.3) is 6.08 Å². The molecule has 1 amide bonds. The van der Waals surface area contributed by atoms with E-state index in [1.807, 2.05) is 36.4 Å². The number of hydrogen-bond donors (Lipinski definition) is 0. The summed E-state index contributed by atoms with van der Waals surface area (Å²) in [5.74, 6) is -4.61. The zero-order chi connectivity index (χ0) is 18.4. The molecular weight excluding hydrogens is 334 g/mol. The molecule has 0 unspecified atom stereocenters. The molecule has 3 rings (SSSR count). The fourth-order valence-electron chi connectivity index (χ4n) is 3.00. The Labute approximate surface area is 152 Å². The minimum absolute atomic E-state index is 0.320. The Morgan fingerprint density at radius 3 is 2.12 bits per heavy atom. The number of rotatable bonds is 5. The normalized spacial score (nSPS) is 16.2. The van der Waals surface area contributed by atoms with Crippen molar-refractivity contribution in [2.24, 2.45) is 0 Å². The van der Waals surface area contributed by atoms with E-state index in [1.165, 1.54) is 16.5 Å². The minimum atomic E-state index is -3.49. The van der Waals surface area contributed by atoms with Gasteiger partial charge in [0.1, 0.15) is 0 Å². The van der Waals surface area contributed by atoms with Crippen molar-refractivity contribution in [1.29, 1.82) is 0 Å². The molecule has 0 radical (unpaired) electrons. The quantitative estimate of drug-likeness (QED) is 0.816. The molecule has 1 fully saturated rings. The topological polar surface area (TPSA) is 23.6 Å². The number of carbonyl (C=O) groups excluding carboxylic acids is 1. The van der Waals surface area contributed by atoms with E-state index >= 15 is 0 Å². The van der Waals surface area contributed by atoms with Crippen molar-refractivity contribution in [2.45, 2.75) is 12.5 Å². The average molecular weight is 356 g/mol. The molecule has 26 heavy (non-hydrogen) atoms. The van der Waals surface area contributed by atoms with Crippen LogP contribution in [0, 0.1) is 0 Å². The van der Waals surface area contributed by atoms with E-state index in [2.05, 4.69) is 4.90 Å². The lowest BCUT2D eigenvalue weighted by Gasteiger charge is -2.35. The summed E-state index contributed by atoms with van der Waals surface area (Å²) in [5.41, 5.74) is 1.83. The number of carbonyl (C=O) groups is 1. The number of alkyl halides is 2. The van der Waals surface area contributed by atoms with Crippen LogP contribution in [-0.2, 0) is 11.3 Å². The van der Waals surface area contributed by atoms with Gasteiger partial charge in [-0.15, -0.1) is 0 Å². The highest BCUT2D eigenvalue weighted by Gasteiger charge is 2.40. The molecular formula is C21H22F2N2O. The van der Waals surface area contributed by atoms with Gasteiger partial charge in [0.05, 0.1) is 0 Å². The van der Waals surface area contributed by atoms with Gasteiger partial charge in [0.2, 0.25) is 0 Å². The molecule has 1 aliphatic rings. The van der Waals surface area contributed by atoms with Crippen molar-refractivity contribution in [3.63, 3.8) is 0 Å². The van der Waals surface area contributed by atoms with Crippen molar-refractivity contribution in [3.05, 3.63) is 77.9 Å². The summed E-state index contributed by atoms with van der Waals surface area (Å²) in [6, 6.07) is 18.8. The van der Waals surface area contributed by atoms with E-state index in [4.69, 9.17) is 0 Å². The van der Waals surface area contributed by atoms with Crippen LogP contribution in [0.15, 0.2) is 66.7 Å². The molecule has 0 bridgehead atoms. The van der Waals surface area contributed by atoms with Crippen molar-refractivity contribution in [1.82, 2.24) is 9.80 Å². The van der Waals surface area contributed by atoms with Gasteiger partial charge in [0, 0.05) is 32.7 Å². The lowest BCUT2D eigenvalue weighted by molar-refractivity contribution is -0.152. The van der Waals surface area contributed by atoms with Gasteiger partial charge in [-0.2, -0.15) is 8.78 Å². The number of benzene rings is 2. The third-order valence-corrected chi connectivity index (χ3v) is 4.48. The third kappa shape index (κ3) is 4.76. The van der Waals surface area contributed by atoms with E-state index in [9.17, 15) is 13.6 Å². The predicted octanol–water partition coefficient (Wildman–Crippen LogP) is 3.68. The van der Waals surface area contributed by atoms with Crippen LogP contribution in [0.3, 0.4) is 0 Å². The van der Waals surface area contributed by atoms with Gasteiger partial charge in [0.15, 0.2) is 0 Å². The molecule has 0 N–H and O–H groups in total. The van der Waals surface area contributed by atoms with Gasteiger partial charge < -0.3 is 4.90 Å². The molecule has 136 valence electrons. The highest BCUT2D eigenvalue weighted by Crippen LogP contribution is 2.22. The van der Waals surface area contributed by atoms with E-state index in [0.717, 1.165) is 6.54 Å². The summed E-state index contributed by atoms with van der Waals surface area (Å²) in [6.45, 7) is 2.60. The van der Waals surface area contributed by atoms with E-state index in [0.29, 0.717) is 37.8 Å². The van der Waals surface area contributed by atoms with E-state index in [-0.39, 0.29) is 0 Å². The summed E-state index contributed by atoms with van der Waals surface area (Å²) < 4.78 is 28.5. The fourth-order valence-corrected chi connectivity index (χ4v) is 3.00. The van der Waals surface area contributed by atoms with Crippen LogP contribution in [0.5, 0.6) is 0 Å². The number of hydrogen-bond acceptors (Lipinski definition) is 2. The Balaban J connectivity index is 1.54. The van der Waals surface area contributed by atoms with Gasteiger partial charge in [-0.25, -0.2) is 0 Å². The van der Waals surface area contributed by atoms with E-state index < -0.39 is 11.8 Å². The Morgan fingerprint density at radius 1 is 0.923 bits per heavy atom. The summed E-state index contributed by atoms with van der Waals surface area (Å²) in [7, 11) is 0. The lowest BCUT2D eigenvalue weighted by Crippen LogP contribution is -2.52. The molecule has 5 heteroatoms. The van der Waals surface area contributed by atoms with Gasteiger partial charge in [-0.05, 0) is 17.2 Å². The highest BCUT2D eigenvalue weighted by molar-refractivity contribution is 5.86. The summed E-state index contributed by atoms with van der Waals surface area (Å²) in [5, 5.41) is 0. The molecule has 3 nitrogen and oxygen atoms in total. The number of piperazine rings is 1. The molecule has 0 spiro atoms. The summed E-state index contributed by atoms with van der Waals surface area (Å²) >= 11 is 0. The number of halogens is 2. The van der Waals surface area contributed by atoms with Crippen LogP contribution in [0.1, 0.15) is 11.1 Å². The zero-order valence-electron chi connectivity index (χ0n) is 14.5. The lowest BCUT2D eigenvalue weighted by atomic mass is 10.1. The van der Waals surface area contributed by atoms with Gasteiger partial charge >= 0.3 is 5.92 Å². The maximum atomic E-state index is 14.2. The first kappa shape index (κ1) is 18.3. The Bertz CT molecular complexity index is 739. The van der Waals surface area contributed by atoms with Gasteiger partial charge in [0.25, 0.3) is 5.91 Å². The molecule has 2 aromatic rings. The van der Waals surface area contributed by atoms with Crippen LogP contribution < -0.4 is 0 Å². The monoisotopic (exact) mass is 356 g/mol. The second-order valence-corrected chi connectivity index (χ2v) is 6.42.